The molecule has 0 aromatic heterocycles. The molecule has 6 heavy (non-hydrogen) atoms. The smallest absolute Gasteiger partial charge is 0.00888 e. The van der Waals surface area contributed by atoms with Gasteiger partial charge in [-0.05, 0) is 24.6 Å². The van der Waals surface area contributed by atoms with Crippen LogP contribution in [0.4, 0.5) is 0 Å². The Morgan fingerprint density at radius 3 is 2.50 bits per heavy atom. The molecule has 1 heteroatoms. The van der Waals surface area contributed by atoms with Crippen LogP contribution in [0.2, 0.25) is 0 Å². The molecule has 0 N–H and O–H groups in total. The largest absolute Gasteiger partial charge is 0.0792 e. The van der Waals surface area contributed by atoms with Gasteiger partial charge in [0.2, 0.25) is 0 Å². The van der Waals surface area contributed by atoms with Crippen LogP contribution in [0.15, 0.2) is 12.2 Å². The molecule has 0 bridgehead atoms. The summed E-state index contributed by atoms with van der Waals surface area (Å²) in [5.41, 5.74) is 0. The summed E-state index contributed by atoms with van der Waals surface area (Å²) in [6, 6.07) is 0. The lowest BCUT2D eigenvalue weighted by Gasteiger charge is -1.54. The molecule has 0 aliphatic carbocycles. The van der Waals surface area contributed by atoms with Gasteiger partial charge in [-0.15, -0.1) is 0 Å². The third kappa shape index (κ3) is 3.59. The highest BCUT2D eigenvalue weighted by atomic mass is 35.5. The predicted octanol–water partition coefficient (Wildman–Crippen LogP) is 1.76. The number of hydrogen-bond donors (Lipinski definition) is 0. The molecule has 0 aliphatic heterocycles. The molecular formula is C5H5Cl. The Morgan fingerprint density at radius 1 is 1.67 bits per heavy atom. The van der Waals surface area contributed by atoms with E-state index in [1.165, 1.54) is 0 Å². The van der Waals surface area contributed by atoms with Gasteiger partial charge in [0.15, 0.2) is 0 Å². The molecule has 0 heterocycles. The van der Waals surface area contributed by atoms with Crippen LogP contribution >= 0.6 is 11.6 Å². The van der Waals surface area contributed by atoms with Gasteiger partial charge >= 0.3 is 0 Å². The second-order valence-corrected chi connectivity index (χ2v) is 0.928. The Hall–Kier alpha value is -0.410. The summed E-state index contributed by atoms with van der Waals surface area (Å²) in [5, 5.41) is 2.20. The monoisotopic (exact) mass is 100 g/mol. The molecule has 0 amide bonds. The zero-order valence-corrected chi connectivity index (χ0v) is 4.29. The first-order valence-corrected chi connectivity index (χ1v) is 2.02. The summed E-state index contributed by atoms with van der Waals surface area (Å²) in [6.45, 7) is 1.89. The van der Waals surface area contributed by atoms with Gasteiger partial charge in [-0.3, -0.25) is 0 Å². The Bertz CT molecular complexity index is 92.2. The lowest BCUT2D eigenvalue weighted by Crippen LogP contribution is -1.39. The zero-order valence-electron chi connectivity index (χ0n) is 3.53. The Kier molecular flexibility index (Phi) is 4.28. The minimum Gasteiger partial charge on any atom is -0.0792 e. The van der Waals surface area contributed by atoms with Gasteiger partial charge in [0, 0.05) is 5.38 Å². The first kappa shape index (κ1) is 5.59. The second kappa shape index (κ2) is 4.59. The van der Waals surface area contributed by atoms with E-state index in [1.54, 1.807) is 6.08 Å². The lowest BCUT2D eigenvalue weighted by molar-refractivity contribution is 1.76. The Labute approximate surface area is 42.8 Å². The number of hydrogen-bond acceptors (Lipinski definition) is 0. The van der Waals surface area contributed by atoms with E-state index < -0.39 is 0 Å². The molecule has 0 aromatic carbocycles. The number of rotatable bonds is 0. The van der Waals surface area contributed by atoms with Crippen molar-refractivity contribution in [3.8, 4) is 11.3 Å². The van der Waals surface area contributed by atoms with Gasteiger partial charge in [0.05, 0.1) is 0 Å². The van der Waals surface area contributed by atoms with Crippen molar-refractivity contribution >= 4 is 11.6 Å². The first-order chi connectivity index (χ1) is 2.91. The SMILES string of the molecule is C/C=C\C#CCl. The number of allylic oxidation sites excluding steroid dienone is 2. The Balaban J connectivity index is 3.24. The van der Waals surface area contributed by atoms with Crippen LogP contribution in [0.25, 0.3) is 0 Å². The summed E-state index contributed by atoms with van der Waals surface area (Å²) < 4.78 is 0. The molecule has 0 atom stereocenters. The van der Waals surface area contributed by atoms with Crippen molar-refractivity contribution in [2.24, 2.45) is 0 Å². The summed E-state index contributed by atoms with van der Waals surface area (Å²) in [4.78, 5) is 0. The van der Waals surface area contributed by atoms with Gasteiger partial charge in [-0.2, -0.15) is 0 Å². The van der Waals surface area contributed by atoms with Crippen LogP contribution in [0, 0.1) is 11.3 Å². The summed E-state index contributed by atoms with van der Waals surface area (Å²) in [6.07, 6.45) is 3.52. The summed E-state index contributed by atoms with van der Waals surface area (Å²) in [7, 11) is 0. The molecule has 0 radical (unpaired) electrons. The van der Waals surface area contributed by atoms with Gasteiger partial charge < -0.3 is 0 Å². The third-order valence-corrected chi connectivity index (χ3v) is 0.414. The first-order valence-electron chi connectivity index (χ1n) is 1.64. The zero-order chi connectivity index (χ0) is 4.83. The van der Waals surface area contributed by atoms with E-state index in [-0.39, 0.29) is 0 Å². The van der Waals surface area contributed by atoms with Crippen LogP contribution in [-0.2, 0) is 0 Å². The van der Waals surface area contributed by atoms with Crippen LogP contribution in [0.3, 0.4) is 0 Å². The molecule has 0 spiro atoms. The highest BCUT2D eigenvalue weighted by molar-refractivity contribution is 6.30. The van der Waals surface area contributed by atoms with E-state index >= 15 is 0 Å². The van der Waals surface area contributed by atoms with Crippen LogP contribution in [-0.4, -0.2) is 0 Å². The van der Waals surface area contributed by atoms with Crippen molar-refractivity contribution in [1.29, 1.82) is 0 Å². The fraction of sp³-hybridized carbons (Fsp3) is 0.200. The highest BCUT2D eigenvalue weighted by Gasteiger charge is 1.47. The second-order valence-electron chi connectivity index (χ2n) is 0.739. The van der Waals surface area contributed by atoms with E-state index in [2.05, 4.69) is 11.3 Å². The maximum atomic E-state index is 4.97. The summed E-state index contributed by atoms with van der Waals surface area (Å²) >= 11 is 4.97. The van der Waals surface area contributed by atoms with E-state index in [4.69, 9.17) is 11.6 Å². The third-order valence-electron chi connectivity index (χ3n) is 0.305. The average molecular weight is 101 g/mol. The van der Waals surface area contributed by atoms with E-state index in [0.717, 1.165) is 0 Å². The molecule has 0 rings (SSSR count). The molecule has 0 unspecified atom stereocenters. The van der Waals surface area contributed by atoms with E-state index in [1.807, 2.05) is 13.0 Å². The molecule has 0 aliphatic rings. The summed E-state index contributed by atoms with van der Waals surface area (Å²) in [5.74, 6) is 2.53. The standard InChI is InChI=1S/C5H5Cl/c1-2-3-4-5-6/h2-3H,1H3/b3-2-. The average Bonchev–Trinajstić information content (AvgIpc) is 1.61. The fourth-order valence-electron chi connectivity index (χ4n) is 0.115. The van der Waals surface area contributed by atoms with Crippen LogP contribution in [0.1, 0.15) is 6.92 Å². The molecule has 0 nitrogen and oxygen atoms in total. The molecule has 0 saturated heterocycles. The van der Waals surface area contributed by atoms with Crippen molar-refractivity contribution in [2.45, 2.75) is 6.92 Å². The minimum absolute atomic E-state index is 1.69. The topological polar surface area (TPSA) is 0 Å². The maximum absolute atomic E-state index is 4.97. The maximum Gasteiger partial charge on any atom is 0.00888 e. The minimum atomic E-state index is 1.69. The molecule has 32 valence electrons. The van der Waals surface area contributed by atoms with Crippen molar-refractivity contribution in [3.05, 3.63) is 12.2 Å². The highest BCUT2D eigenvalue weighted by Crippen LogP contribution is 1.66. The van der Waals surface area contributed by atoms with E-state index in [0.29, 0.717) is 0 Å². The normalized spacial score (nSPS) is 7.67. The lowest BCUT2D eigenvalue weighted by atomic mass is 10.6. The van der Waals surface area contributed by atoms with Gasteiger partial charge in [0.25, 0.3) is 0 Å². The van der Waals surface area contributed by atoms with Crippen molar-refractivity contribution in [1.82, 2.24) is 0 Å². The predicted molar refractivity (Wildman–Crippen MR) is 28.4 cm³/mol. The fourth-order valence-corrected chi connectivity index (χ4v) is 0.178. The van der Waals surface area contributed by atoms with Crippen LogP contribution < -0.4 is 0 Å². The van der Waals surface area contributed by atoms with Crippen molar-refractivity contribution in [2.75, 3.05) is 0 Å². The van der Waals surface area contributed by atoms with Gasteiger partial charge in [-0.25, -0.2) is 0 Å². The number of halogens is 1. The van der Waals surface area contributed by atoms with E-state index in [9.17, 15) is 0 Å². The molecule has 0 fully saturated rings. The molecule has 0 aromatic rings. The van der Waals surface area contributed by atoms with Crippen LogP contribution in [0.5, 0.6) is 0 Å². The van der Waals surface area contributed by atoms with Gasteiger partial charge in [-0.1, -0.05) is 12.0 Å². The van der Waals surface area contributed by atoms with Crippen molar-refractivity contribution < 1.29 is 0 Å². The van der Waals surface area contributed by atoms with Crippen molar-refractivity contribution in [3.63, 3.8) is 0 Å². The molecular weight excluding hydrogens is 95.5 g/mol. The van der Waals surface area contributed by atoms with Gasteiger partial charge in [0.1, 0.15) is 0 Å². The quantitative estimate of drug-likeness (QED) is 0.407. The molecule has 0 saturated carbocycles. The Morgan fingerprint density at radius 2 is 2.33 bits per heavy atom.